The van der Waals surface area contributed by atoms with Crippen molar-refractivity contribution in [3.05, 3.63) is 0 Å². The summed E-state index contributed by atoms with van der Waals surface area (Å²) in [6, 6.07) is 0.419. The van der Waals surface area contributed by atoms with E-state index >= 15 is 0 Å². The summed E-state index contributed by atoms with van der Waals surface area (Å²) in [6.07, 6.45) is 9.44. The van der Waals surface area contributed by atoms with E-state index in [1.807, 2.05) is 34.6 Å². The second-order valence-electron chi connectivity index (χ2n) is 6.18. The van der Waals surface area contributed by atoms with Gasteiger partial charge in [0.1, 0.15) is 0 Å². The van der Waals surface area contributed by atoms with Crippen molar-refractivity contribution in [3.8, 4) is 0 Å². The van der Waals surface area contributed by atoms with Crippen molar-refractivity contribution in [2.75, 3.05) is 0 Å². The van der Waals surface area contributed by atoms with Crippen LogP contribution in [0.2, 0.25) is 0 Å². The molecule has 0 heterocycles. The van der Waals surface area contributed by atoms with Gasteiger partial charge in [0, 0.05) is 12.5 Å². The second-order valence-corrected chi connectivity index (χ2v) is 6.18. The van der Waals surface area contributed by atoms with E-state index in [1.165, 1.54) is 44.9 Å². The summed E-state index contributed by atoms with van der Waals surface area (Å²) in [7, 11) is 0. The summed E-state index contributed by atoms with van der Waals surface area (Å²) in [6.45, 7) is 17.0. The van der Waals surface area contributed by atoms with Crippen molar-refractivity contribution < 1.29 is 4.79 Å². The van der Waals surface area contributed by atoms with Crippen LogP contribution in [0.5, 0.6) is 0 Å². The van der Waals surface area contributed by atoms with Gasteiger partial charge in [0.15, 0.2) is 0 Å². The first-order valence-electron chi connectivity index (χ1n) is 9.86. The van der Waals surface area contributed by atoms with Gasteiger partial charge < -0.3 is 5.32 Å². The fourth-order valence-corrected chi connectivity index (χ4v) is 3.64. The first-order valence-corrected chi connectivity index (χ1v) is 9.86. The van der Waals surface area contributed by atoms with E-state index < -0.39 is 0 Å². The van der Waals surface area contributed by atoms with Crippen LogP contribution in [0.4, 0.5) is 0 Å². The summed E-state index contributed by atoms with van der Waals surface area (Å²) >= 11 is 0. The third-order valence-corrected chi connectivity index (χ3v) is 4.96. The quantitative estimate of drug-likeness (QED) is 0.609. The third-order valence-electron chi connectivity index (χ3n) is 4.96. The molecule has 0 aromatic carbocycles. The van der Waals surface area contributed by atoms with Crippen LogP contribution in [0.1, 0.15) is 107 Å². The highest BCUT2D eigenvalue weighted by molar-refractivity contribution is 5.75. The summed E-state index contributed by atoms with van der Waals surface area (Å²) in [5, 5.41) is 3.28. The smallest absolute Gasteiger partial charge is 0.219 e. The maximum absolute atomic E-state index is 11.7. The van der Waals surface area contributed by atoms with E-state index in [0.717, 1.165) is 0 Å². The topological polar surface area (TPSA) is 29.1 Å². The monoisotopic (exact) mass is 313 g/mol. The largest absolute Gasteiger partial charge is 0.353 e. The van der Waals surface area contributed by atoms with Gasteiger partial charge in [-0.3, -0.25) is 4.79 Å². The Morgan fingerprint density at radius 1 is 1.05 bits per heavy atom. The van der Waals surface area contributed by atoms with Crippen molar-refractivity contribution in [3.63, 3.8) is 0 Å². The SMILES string of the molecule is CC.CC.CCCC(C)(CC)C1CCCCC1NC(=O)CC. The van der Waals surface area contributed by atoms with Crippen molar-refractivity contribution in [2.24, 2.45) is 11.3 Å². The average Bonchev–Trinajstić information content (AvgIpc) is 2.59. The molecule has 1 aliphatic carbocycles. The van der Waals surface area contributed by atoms with Crippen molar-refractivity contribution in [2.45, 2.75) is 113 Å². The molecule has 3 unspecified atom stereocenters. The minimum atomic E-state index is 0.224. The predicted octanol–water partition coefficient (Wildman–Crippen LogP) is 6.34. The Balaban J connectivity index is 0. The van der Waals surface area contributed by atoms with Crippen molar-refractivity contribution in [1.82, 2.24) is 5.32 Å². The van der Waals surface area contributed by atoms with Gasteiger partial charge in [-0.15, -0.1) is 0 Å². The molecule has 0 aromatic rings. The van der Waals surface area contributed by atoms with E-state index in [0.29, 0.717) is 23.8 Å². The number of carbonyl (C=O) groups excluding carboxylic acids is 1. The molecule has 0 saturated heterocycles. The molecule has 0 bridgehead atoms. The Morgan fingerprint density at radius 2 is 1.59 bits per heavy atom. The molecule has 0 aliphatic heterocycles. The van der Waals surface area contributed by atoms with Crippen LogP contribution in [0, 0.1) is 11.3 Å². The molecule has 1 saturated carbocycles. The van der Waals surface area contributed by atoms with Gasteiger partial charge in [-0.05, 0) is 30.6 Å². The van der Waals surface area contributed by atoms with Gasteiger partial charge in [-0.1, -0.05) is 81.1 Å². The highest BCUT2D eigenvalue weighted by atomic mass is 16.1. The molecule has 0 spiro atoms. The van der Waals surface area contributed by atoms with Gasteiger partial charge >= 0.3 is 0 Å². The summed E-state index contributed by atoms with van der Waals surface area (Å²) in [5.74, 6) is 0.897. The number of rotatable bonds is 6. The van der Waals surface area contributed by atoms with E-state index in [4.69, 9.17) is 0 Å². The molecule has 1 amide bonds. The molecule has 0 aromatic heterocycles. The van der Waals surface area contributed by atoms with Crippen molar-refractivity contribution in [1.29, 1.82) is 0 Å². The summed E-state index contributed by atoms with van der Waals surface area (Å²) in [4.78, 5) is 11.7. The van der Waals surface area contributed by atoms with Crippen LogP contribution in [-0.4, -0.2) is 11.9 Å². The molecule has 1 rings (SSSR count). The standard InChI is InChI=1S/C16H31NO.2C2H6/c1-5-12-16(4,7-3)13-10-8-9-11-14(13)17-15(18)6-2;2*1-2/h13-14H,5-12H2,1-4H3,(H,17,18);2*1-2H3. The maximum atomic E-state index is 11.7. The fourth-order valence-electron chi connectivity index (χ4n) is 3.64. The molecule has 2 heteroatoms. The lowest BCUT2D eigenvalue weighted by molar-refractivity contribution is -0.122. The molecule has 134 valence electrons. The summed E-state index contributed by atoms with van der Waals surface area (Å²) in [5.41, 5.74) is 0.404. The Labute approximate surface area is 140 Å². The van der Waals surface area contributed by atoms with Crippen LogP contribution in [-0.2, 0) is 4.79 Å². The lowest BCUT2D eigenvalue weighted by Gasteiger charge is -2.44. The average molecular weight is 314 g/mol. The first kappa shape index (κ1) is 23.7. The zero-order valence-corrected chi connectivity index (χ0v) is 16.7. The molecule has 22 heavy (non-hydrogen) atoms. The molecule has 1 aliphatic rings. The number of carbonyl (C=O) groups is 1. The van der Waals surface area contributed by atoms with E-state index in [2.05, 4.69) is 26.1 Å². The molecular weight excluding hydrogens is 270 g/mol. The molecule has 1 fully saturated rings. The van der Waals surface area contributed by atoms with Crippen LogP contribution in [0.3, 0.4) is 0 Å². The highest BCUT2D eigenvalue weighted by Gasteiger charge is 2.38. The van der Waals surface area contributed by atoms with E-state index in [9.17, 15) is 4.79 Å². The number of hydrogen-bond donors (Lipinski definition) is 1. The Kier molecular flexibility index (Phi) is 15.2. The van der Waals surface area contributed by atoms with Crippen LogP contribution in [0.25, 0.3) is 0 Å². The van der Waals surface area contributed by atoms with Gasteiger partial charge in [-0.25, -0.2) is 0 Å². The predicted molar refractivity (Wildman–Crippen MR) is 100 cm³/mol. The van der Waals surface area contributed by atoms with Gasteiger partial charge in [0.25, 0.3) is 0 Å². The molecule has 0 radical (unpaired) electrons. The number of hydrogen-bond acceptors (Lipinski definition) is 1. The fraction of sp³-hybridized carbons (Fsp3) is 0.950. The number of nitrogens with one attached hydrogen (secondary N) is 1. The zero-order chi connectivity index (χ0) is 17.6. The Hall–Kier alpha value is -0.530. The molecule has 1 N–H and O–H groups in total. The Bertz CT molecular complexity index is 264. The molecule has 2 nitrogen and oxygen atoms in total. The second kappa shape index (κ2) is 14.1. The minimum absolute atomic E-state index is 0.224. The zero-order valence-electron chi connectivity index (χ0n) is 16.7. The van der Waals surface area contributed by atoms with E-state index in [1.54, 1.807) is 0 Å². The lowest BCUT2D eigenvalue weighted by Crippen LogP contribution is -2.48. The molecule has 3 atom stereocenters. The van der Waals surface area contributed by atoms with Crippen LogP contribution >= 0.6 is 0 Å². The van der Waals surface area contributed by atoms with Gasteiger partial charge in [0.05, 0.1) is 0 Å². The van der Waals surface area contributed by atoms with E-state index in [-0.39, 0.29) is 5.91 Å². The third kappa shape index (κ3) is 7.65. The van der Waals surface area contributed by atoms with Gasteiger partial charge in [-0.2, -0.15) is 0 Å². The summed E-state index contributed by atoms with van der Waals surface area (Å²) < 4.78 is 0. The van der Waals surface area contributed by atoms with Gasteiger partial charge in [0.2, 0.25) is 5.91 Å². The van der Waals surface area contributed by atoms with Crippen molar-refractivity contribution >= 4 is 5.91 Å². The normalized spacial score (nSPS) is 23.1. The lowest BCUT2D eigenvalue weighted by atomic mass is 9.64. The molecular formula is C20H43NO. The van der Waals surface area contributed by atoms with Crippen LogP contribution < -0.4 is 5.32 Å². The van der Waals surface area contributed by atoms with Crippen LogP contribution in [0.15, 0.2) is 0 Å². The highest BCUT2D eigenvalue weighted by Crippen LogP contribution is 2.44. The number of amides is 1. The Morgan fingerprint density at radius 3 is 2.05 bits per heavy atom. The minimum Gasteiger partial charge on any atom is -0.353 e. The first-order chi connectivity index (χ1) is 10.6. The maximum Gasteiger partial charge on any atom is 0.219 e.